The Bertz CT molecular complexity index is 262. The van der Waals surface area contributed by atoms with Crippen LogP contribution < -0.4 is 0 Å². The zero-order valence-corrected chi connectivity index (χ0v) is 8.41. The van der Waals surface area contributed by atoms with Gasteiger partial charge in [-0.15, -0.1) is 6.58 Å². The number of hydrogen-bond donors (Lipinski definition) is 1. The molecule has 2 rings (SSSR count). The van der Waals surface area contributed by atoms with Crippen molar-refractivity contribution >= 4 is 5.71 Å². The lowest BCUT2D eigenvalue weighted by Crippen LogP contribution is -2.26. The third-order valence-electron chi connectivity index (χ3n) is 3.25. The van der Waals surface area contributed by atoms with Crippen molar-refractivity contribution < 1.29 is 9.94 Å². The molecule has 1 heterocycles. The molecule has 0 aromatic carbocycles. The van der Waals surface area contributed by atoms with Gasteiger partial charge in [-0.25, -0.2) is 0 Å². The summed E-state index contributed by atoms with van der Waals surface area (Å²) in [6.07, 6.45) is 8.40. The van der Waals surface area contributed by atoms with Crippen LogP contribution in [0.5, 0.6) is 0 Å². The van der Waals surface area contributed by atoms with Crippen molar-refractivity contribution in [1.29, 1.82) is 0 Å². The minimum Gasteiger partial charge on any atom is -0.411 e. The Hall–Kier alpha value is -0.830. The highest BCUT2D eigenvalue weighted by atomic mass is 16.6. The molecule has 14 heavy (non-hydrogen) atoms. The molecule has 78 valence electrons. The lowest BCUT2D eigenvalue weighted by molar-refractivity contribution is 0.268. The van der Waals surface area contributed by atoms with E-state index in [9.17, 15) is 0 Å². The van der Waals surface area contributed by atoms with Crippen molar-refractivity contribution in [2.24, 2.45) is 5.16 Å². The third-order valence-corrected chi connectivity index (χ3v) is 3.25. The summed E-state index contributed by atoms with van der Waals surface area (Å²) >= 11 is 0. The molecular formula is C11H17NO2. The van der Waals surface area contributed by atoms with Gasteiger partial charge in [-0.1, -0.05) is 11.2 Å². The molecule has 1 saturated carbocycles. The van der Waals surface area contributed by atoms with Crippen LogP contribution in [0.25, 0.3) is 0 Å². The number of unbranched alkanes of at least 4 members (excludes halogenated alkanes) is 1. The fraction of sp³-hybridized carbons (Fsp3) is 0.727. The van der Waals surface area contributed by atoms with E-state index in [2.05, 4.69) is 11.7 Å². The number of rotatable bonds is 4. The van der Waals surface area contributed by atoms with Crippen LogP contribution in [0.3, 0.4) is 0 Å². The molecule has 1 saturated heterocycles. The molecule has 3 heteroatoms. The Morgan fingerprint density at radius 3 is 3.29 bits per heavy atom. The molecule has 1 N–H and O–H groups in total. The largest absolute Gasteiger partial charge is 0.411 e. The average molecular weight is 195 g/mol. The van der Waals surface area contributed by atoms with E-state index in [0.29, 0.717) is 0 Å². The molecule has 2 aliphatic rings. The molecule has 2 unspecified atom stereocenters. The second kappa shape index (κ2) is 3.73. The normalized spacial score (nSPS) is 38.0. The lowest BCUT2D eigenvalue weighted by atomic mass is 9.84. The number of ether oxygens (including phenoxy) is 1. The summed E-state index contributed by atoms with van der Waals surface area (Å²) in [6.45, 7) is 3.71. The number of epoxide rings is 1. The maximum absolute atomic E-state index is 8.77. The van der Waals surface area contributed by atoms with Crippen LogP contribution in [0.1, 0.15) is 38.5 Å². The second-order valence-electron chi connectivity index (χ2n) is 4.19. The number of nitrogens with zero attached hydrogens (tertiary/aromatic N) is 1. The van der Waals surface area contributed by atoms with E-state index in [4.69, 9.17) is 9.94 Å². The number of oxime groups is 1. The van der Waals surface area contributed by atoms with Gasteiger partial charge in [-0.2, -0.15) is 0 Å². The Labute approximate surface area is 84.4 Å². The molecule has 2 fully saturated rings. The zero-order valence-electron chi connectivity index (χ0n) is 8.41. The molecule has 0 amide bonds. The second-order valence-corrected chi connectivity index (χ2v) is 4.19. The first-order valence-electron chi connectivity index (χ1n) is 5.32. The molecule has 0 bridgehead atoms. The summed E-state index contributed by atoms with van der Waals surface area (Å²) in [7, 11) is 0. The minimum atomic E-state index is 0.0306. The predicted octanol–water partition coefficient (Wildman–Crippen LogP) is 2.49. The fourth-order valence-corrected chi connectivity index (χ4v) is 2.43. The monoisotopic (exact) mass is 195 g/mol. The standard InChI is InChI=1S/C11H17NO2/c1-2-3-4-7-11-8-5-6-9(12-13)10(11)14-11/h2,10,13H,1,3-8H2. The highest BCUT2D eigenvalue weighted by molar-refractivity contribution is 5.92. The van der Waals surface area contributed by atoms with E-state index in [1.165, 1.54) is 0 Å². The van der Waals surface area contributed by atoms with Crippen LogP contribution >= 0.6 is 0 Å². The third kappa shape index (κ3) is 1.57. The Morgan fingerprint density at radius 2 is 2.57 bits per heavy atom. The van der Waals surface area contributed by atoms with Crippen molar-refractivity contribution in [1.82, 2.24) is 0 Å². The maximum atomic E-state index is 8.77. The molecule has 3 nitrogen and oxygen atoms in total. The van der Waals surface area contributed by atoms with Gasteiger partial charge < -0.3 is 9.94 Å². The summed E-state index contributed by atoms with van der Waals surface area (Å²) in [4.78, 5) is 0. The van der Waals surface area contributed by atoms with Crippen LogP contribution in [0.2, 0.25) is 0 Å². The van der Waals surface area contributed by atoms with Crippen molar-refractivity contribution in [2.45, 2.75) is 50.2 Å². The van der Waals surface area contributed by atoms with Gasteiger partial charge in [0.25, 0.3) is 0 Å². The van der Waals surface area contributed by atoms with Crippen LogP contribution in [0, 0.1) is 0 Å². The van der Waals surface area contributed by atoms with E-state index in [1.807, 2.05) is 6.08 Å². The quantitative estimate of drug-likeness (QED) is 0.246. The number of hydrogen-bond acceptors (Lipinski definition) is 3. The first-order chi connectivity index (χ1) is 6.82. The van der Waals surface area contributed by atoms with Crippen molar-refractivity contribution in [2.75, 3.05) is 0 Å². The van der Waals surface area contributed by atoms with Gasteiger partial charge in [-0.3, -0.25) is 0 Å². The highest BCUT2D eigenvalue weighted by Gasteiger charge is 2.59. The summed E-state index contributed by atoms with van der Waals surface area (Å²) in [5.74, 6) is 0. The molecule has 1 aliphatic heterocycles. The summed E-state index contributed by atoms with van der Waals surface area (Å²) in [5, 5.41) is 12.1. The predicted molar refractivity (Wildman–Crippen MR) is 54.7 cm³/mol. The molecule has 2 atom stereocenters. The smallest absolute Gasteiger partial charge is 0.129 e. The van der Waals surface area contributed by atoms with Crippen molar-refractivity contribution in [3.05, 3.63) is 12.7 Å². The highest BCUT2D eigenvalue weighted by Crippen LogP contribution is 2.49. The van der Waals surface area contributed by atoms with Crippen LogP contribution in [0.15, 0.2) is 17.8 Å². The summed E-state index contributed by atoms with van der Waals surface area (Å²) < 4.78 is 5.69. The first-order valence-corrected chi connectivity index (χ1v) is 5.32. The molecule has 0 aromatic rings. The topological polar surface area (TPSA) is 45.1 Å². The minimum absolute atomic E-state index is 0.0306. The van der Waals surface area contributed by atoms with Gasteiger partial charge in [-0.05, 0) is 38.5 Å². The Morgan fingerprint density at radius 1 is 1.71 bits per heavy atom. The summed E-state index contributed by atoms with van der Waals surface area (Å²) in [5.41, 5.74) is 0.873. The van der Waals surface area contributed by atoms with E-state index in [0.717, 1.165) is 44.2 Å². The van der Waals surface area contributed by atoms with E-state index >= 15 is 0 Å². The fourth-order valence-electron chi connectivity index (χ4n) is 2.43. The molecule has 0 aromatic heterocycles. The van der Waals surface area contributed by atoms with Crippen LogP contribution in [0.4, 0.5) is 0 Å². The number of allylic oxidation sites excluding steroid dienone is 1. The van der Waals surface area contributed by atoms with Crippen molar-refractivity contribution in [3.63, 3.8) is 0 Å². The van der Waals surface area contributed by atoms with Gasteiger partial charge in [0.2, 0.25) is 0 Å². The Balaban J connectivity index is 1.90. The molecule has 0 spiro atoms. The SMILES string of the molecule is C=CCCCC12CCCC(=NO)C1O2. The van der Waals surface area contributed by atoms with Crippen molar-refractivity contribution in [3.8, 4) is 0 Å². The zero-order chi connectivity index (χ0) is 10.0. The van der Waals surface area contributed by atoms with Crippen LogP contribution in [-0.2, 0) is 4.74 Å². The van der Waals surface area contributed by atoms with Gasteiger partial charge in [0, 0.05) is 0 Å². The first kappa shape index (κ1) is 9.71. The molecular weight excluding hydrogens is 178 g/mol. The lowest BCUT2D eigenvalue weighted by Gasteiger charge is -2.16. The van der Waals surface area contributed by atoms with Crippen LogP contribution in [-0.4, -0.2) is 22.6 Å². The number of fused-ring (bicyclic) bond motifs is 1. The maximum Gasteiger partial charge on any atom is 0.129 e. The van der Waals surface area contributed by atoms with Gasteiger partial charge in [0.15, 0.2) is 0 Å². The van der Waals surface area contributed by atoms with E-state index in [1.54, 1.807) is 0 Å². The molecule has 0 radical (unpaired) electrons. The van der Waals surface area contributed by atoms with E-state index < -0.39 is 0 Å². The van der Waals surface area contributed by atoms with Gasteiger partial charge in [0.1, 0.15) is 11.7 Å². The van der Waals surface area contributed by atoms with Gasteiger partial charge >= 0.3 is 0 Å². The Kier molecular flexibility index (Phi) is 2.59. The average Bonchev–Trinajstić information content (AvgIpc) is 2.92. The summed E-state index contributed by atoms with van der Waals surface area (Å²) in [6, 6.07) is 0. The molecule has 1 aliphatic carbocycles. The van der Waals surface area contributed by atoms with Gasteiger partial charge in [0.05, 0.1) is 5.71 Å². The van der Waals surface area contributed by atoms with E-state index in [-0.39, 0.29) is 11.7 Å².